The Morgan fingerprint density at radius 2 is 1.46 bits per heavy atom. The van der Waals surface area contributed by atoms with Crippen LogP contribution in [-0.4, -0.2) is 11.5 Å². The van der Waals surface area contributed by atoms with E-state index in [-0.39, 0.29) is 0 Å². The van der Waals surface area contributed by atoms with E-state index < -0.39 is 0 Å². The maximum atomic E-state index is 11.2. The van der Waals surface area contributed by atoms with Gasteiger partial charge in [-0.3, -0.25) is 0 Å². The zero-order valence-corrected chi connectivity index (χ0v) is 8.64. The zero-order chi connectivity index (χ0) is 10.2. The van der Waals surface area contributed by atoms with E-state index in [2.05, 4.69) is 12.8 Å². The van der Waals surface area contributed by atoms with Crippen LogP contribution in [0.1, 0.15) is 22.3 Å². The first-order valence-electron chi connectivity index (χ1n) is 4.30. The molecular weight excluding hydrogens is 162 g/mol. The third-order valence-electron chi connectivity index (χ3n) is 2.58. The minimum Gasteiger partial charge on any atom is -0.619 e. The molecule has 0 saturated carbocycles. The molecule has 0 spiro atoms. The van der Waals surface area contributed by atoms with E-state index in [9.17, 15) is 5.21 Å². The van der Waals surface area contributed by atoms with E-state index in [1.807, 2.05) is 27.7 Å². The summed E-state index contributed by atoms with van der Waals surface area (Å²) in [4.78, 5) is 0. The molecule has 0 atom stereocenters. The highest BCUT2D eigenvalue weighted by molar-refractivity contribution is 5.55. The minimum atomic E-state index is 0.699. The van der Waals surface area contributed by atoms with E-state index in [0.717, 1.165) is 22.3 Å². The Morgan fingerprint density at radius 1 is 1.08 bits per heavy atom. The van der Waals surface area contributed by atoms with Gasteiger partial charge < -0.3 is 5.21 Å². The van der Waals surface area contributed by atoms with Gasteiger partial charge in [0.05, 0.1) is 0 Å². The molecule has 0 radical (unpaired) electrons. The van der Waals surface area contributed by atoms with Gasteiger partial charge in [-0.1, -0.05) is 6.07 Å². The second-order valence-electron chi connectivity index (χ2n) is 3.49. The molecule has 0 aliphatic carbocycles. The number of hydrogen-bond acceptors (Lipinski definition) is 1. The lowest BCUT2D eigenvalue weighted by atomic mass is 9.99. The molecule has 0 saturated heterocycles. The van der Waals surface area contributed by atoms with E-state index >= 15 is 0 Å². The molecule has 0 N–H and O–H groups in total. The topological polar surface area (TPSA) is 26.1 Å². The van der Waals surface area contributed by atoms with Crippen LogP contribution in [0.15, 0.2) is 6.07 Å². The summed E-state index contributed by atoms with van der Waals surface area (Å²) in [5.74, 6) is 0. The number of benzene rings is 1. The maximum Gasteiger partial charge on any atom is 0.222 e. The molecule has 0 aromatic heterocycles. The number of hydrogen-bond donors (Lipinski definition) is 0. The lowest BCUT2D eigenvalue weighted by molar-refractivity contribution is -0.351. The van der Waals surface area contributed by atoms with Crippen LogP contribution in [0.2, 0.25) is 0 Å². The standard InChI is InChI=1S/C11H15NO/c1-7-6-8(2)10(4)11(9(7)3)12(5)13/h6H,5H2,1-4H3. The minimum absolute atomic E-state index is 0.699. The van der Waals surface area contributed by atoms with Crippen molar-refractivity contribution in [3.8, 4) is 0 Å². The summed E-state index contributed by atoms with van der Waals surface area (Å²) in [6.07, 6.45) is 0. The average Bonchev–Trinajstić information content (AvgIpc) is 2.01. The van der Waals surface area contributed by atoms with Crippen LogP contribution in [0.3, 0.4) is 0 Å². The monoisotopic (exact) mass is 177 g/mol. The molecule has 2 nitrogen and oxygen atoms in total. The summed E-state index contributed by atoms with van der Waals surface area (Å²) < 4.78 is 0.699. The van der Waals surface area contributed by atoms with Crippen LogP contribution >= 0.6 is 0 Å². The third-order valence-corrected chi connectivity index (χ3v) is 2.58. The van der Waals surface area contributed by atoms with Crippen molar-refractivity contribution in [2.45, 2.75) is 27.7 Å². The van der Waals surface area contributed by atoms with E-state index in [4.69, 9.17) is 0 Å². The highest BCUT2D eigenvalue weighted by Crippen LogP contribution is 2.27. The predicted octanol–water partition coefficient (Wildman–Crippen LogP) is 2.76. The molecule has 0 aliphatic heterocycles. The molecule has 1 aromatic rings. The van der Waals surface area contributed by atoms with Crippen LogP contribution in [0, 0.1) is 32.9 Å². The molecule has 0 bridgehead atoms. The molecular formula is C11H15NO. The third kappa shape index (κ3) is 1.57. The Kier molecular flexibility index (Phi) is 2.41. The van der Waals surface area contributed by atoms with Crippen LogP contribution in [0.4, 0.5) is 5.69 Å². The van der Waals surface area contributed by atoms with Crippen molar-refractivity contribution < 1.29 is 4.74 Å². The number of aryl methyl sites for hydroxylation is 2. The molecule has 0 aliphatic rings. The number of nitrogens with zero attached hydrogens (tertiary/aromatic N) is 1. The van der Waals surface area contributed by atoms with Gasteiger partial charge in [0.15, 0.2) is 0 Å². The second kappa shape index (κ2) is 3.21. The SMILES string of the molecule is C=[N+]([O-])c1c(C)c(C)cc(C)c1C. The fourth-order valence-electron chi connectivity index (χ4n) is 1.57. The summed E-state index contributed by atoms with van der Waals surface area (Å²) >= 11 is 0. The molecule has 0 unspecified atom stereocenters. The van der Waals surface area contributed by atoms with Gasteiger partial charge in [0, 0.05) is 11.1 Å². The van der Waals surface area contributed by atoms with Gasteiger partial charge in [-0.25, -0.2) is 0 Å². The number of rotatable bonds is 1. The van der Waals surface area contributed by atoms with E-state index in [1.165, 1.54) is 0 Å². The van der Waals surface area contributed by atoms with Crippen molar-refractivity contribution in [3.63, 3.8) is 0 Å². The Morgan fingerprint density at radius 3 is 1.77 bits per heavy atom. The van der Waals surface area contributed by atoms with Crippen LogP contribution < -0.4 is 0 Å². The fourth-order valence-corrected chi connectivity index (χ4v) is 1.57. The first kappa shape index (κ1) is 9.78. The van der Waals surface area contributed by atoms with E-state index in [0.29, 0.717) is 10.4 Å². The molecule has 2 heteroatoms. The molecule has 13 heavy (non-hydrogen) atoms. The van der Waals surface area contributed by atoms with Gasteiger partial charge in [-0.2, -0.15) is 4.74 Å². The Balaban J connectivity index is 3.56. The van der Waals surface area contributed by atoms with Gasteiger partial charge in [0.1, 0.15) is 6.72 Å². The summed E-state index contributed by atoms with van der Waals surface area (Å²) in [7, 11) is 0. The normalized spacial score (nSPS) is 10.2. The summed E-state index contributed by atoms with van der Waals surface area (Å²) in [6.45, 7) is 11.3. The molecule has 0 amide bonds. The summed E-state index contributed by atoms with van der Waals surface area (Å²) in [5.41, 5.74) is 5.03. The highest BCUT2D eigenvalue weighted by Gasteiger charge is 2.13. The Bertz CT molecular complexity index is 341. The van der Waals surface area contributed by atoms with Crippen LogP contribution in [-0.2, 0) is 0 Å². The lowest BCUT2D eigenvalue weighted by Crippen LogP contribution is -2.00. The predicted molar refractivity (Wildman–Crippen MR) is 55.8 cm³/mol. The van der Waals surface area contributed by atoms with Crippen molar-refractivity contribution in [3.05, 3.63) is 33.5 Å². The quantitative estimate of drug-likeness (QED) is 0.280. The molecule has 0 fully saturated rings. The average molecular weight is 177 g/mol. The maximum absolute atomic E-state index is 11.2. The molecule has 70 valence electrons. The Hall–Kier alpha value is -1.31. The fraction of sp³-hybridized carbons (Fsp3) is 0.364. The van der Waals surface area contributed by atoms with Crippen molar-refractivity contribution in [2.75, 3.05) is 0 Å². The molecule has 1 aromatic carbocycles. The smallest absolute Gasteiger partial charge is 0.222 e. The van der Waals surface area contributed by atoms with Gasteiger partial charge in [0.25, 0.3) is 0 Å². The van der Waals surface area contributed by atoms with Crippen LogP contribution in [0.25, 0.3) is 0 Å². The first-order valence-corrected chi connectivity index (χ1v) is 4.30. The second-order valence-corrected chi connectivity index (χ2v) is 3.49. The van der Waals surface area contributed by atoms with Gasteiger partial charge >= 0.3 is 0 Å². The summed E-state index contributed by atoms with van der Waals surface area (Å²) in [6, 6.07) is 2.09. The summed E-state index contributed by atoms with van der Waals surface area (Å²) in [5, 5.41) is 11.2. The van der Waals surface area contributed by atoms with Crippen molar-refractivity contribution in [1.82, 2.24) is 0 Å². The van der Waals surface area contributed by atoms with Gasteiger partial charge in [-0.15, -0.1) is 0 Å². The molecule has 0 heterocycles. The van der Waals surface area contributed by atoms with Crippen molar-refractivity contribution in [2.24, 2.45) is 0 Å². The van der Waals surface area contributed by atoms with Gasteiger partial charge in [-0.05, 0) is 38.8 Å². The molecule has 1 rings (SSSR count). The van der Waals surface area contributed by atoms with E-state index in [1.54, 1.807) is 0 Å². The largest absolute Gasteiger partial charge is 0.619 e. The van der Waals surface area contributed by atoms with Gasteiger partial charge in [0.2, 0.25) is 5.69 Å². The highest BCUT2D eigenvalue weighted by atomic mass is 16.5. The first-order chi connectivity index (χ1) is 5.95. The van der Waals surface area contributed by atoms with Crippen molar-refractivity contribution in [1.29, 1.82) is 0 Å². The lowest BCUT2D eigenvalue weighted by Gasteiger charge is -2.12. The van der Waals surface area contributed by atoms with Crippen LogP contribution in [0.5, 0.6) is 0 Å². The van der Waals surface area contributed by atoms with Crippen molar-refractivity contribution >= 4 is 12.4 Å². The Labute approximate surface area is 79.1 Å². The zero-order valence-electron chi connectivity index (χ0n) is 8.64.